The van der Waals surface area contributed by atoms with E-state index in [-0.39, 0.29) is 0 Å². The zero-order valence-electron chi connectivity index (χ0n) is 26.1. The normalized spacial score (nSPS) is 13.0. The summed E-state index contributed by atoms with van der Waals surface area (Å²) in [6.45, 7) is 0. The molecule has 4 nitrogen and oxygen atoms in total. The Balaban J connectivity index is 1.45. The van der Waals surface area contributed by atoms with Gasteiger partial charge in [0.15, 0.2) is 0 Å². The molecule has 0 unspecified atom stereocenters. The summed E-state index contributed by atoms with van der Waals surface area (Å²) in [7, 11) is 0. The van der Waals surface area contributed by atoms with E-state index in [1.807, 2.05) is 12.1 Å². The third-order valence-corrected chi connectivity index (χ3v) is 10.4. The fraction of sp³-hybridized carbons (Fsp3) is 0.0222. The molecule has 0 amide bonds. The van der Waals surface area contributed by atoms with Gasteiger partial charge in [0.05, 0.1) is 40.1 Å². The first-order chi connectivity index (χ1) is 24.2. The third kappa shape index (κ3) is 3.55. The number of benzene rings is 6. The number of aromatic nitrogens is 2. The maximum Gasteiger partial charge on any atom is 0.0992 e. The lowest BCUT2D eigenvalue weighted by atomic mass is 9.69. The van der Waals surface area contributed by atoms with E-state index in [4.69, 9.17) is 9.97 Å². The van der Waals surface area contributed by atoms with Crippen LogP contribution >= 0.6 is 0 Å². The molecule has 10 rings (SSSR count). The van der Waals surface area contributed by atoms with E-state index in [1.165, 1.54) is 44.5 Å². The van der Waals surface area contributed by atoms with Crippen molar-refractivity contribution in [3.05, 3.63) is 179 Å². The lowest BCUT2D eigenvalue weighted by Crippen LogP contribution is -2.26. The van der Waals surface area contributed by atoms with Crippen molar-refractivity contribution in [2.24, 2.45) is 0 Å². The van der Waals surface area contributed by atoms with Gasteiger partial charge in [-0.1, -0.05) is 97.1 Å². The van der Waals surface area contributed by atoms with Crippen molar-refractivity contribution < 1.29 is 0 Å². The van der Waals surface area contributed by atoms with Crippen LogP contribution < -0.4 is 0 Å². The van der Waals surface area contributed by atoms with Crippen LogP contribution in [0.1, 0.15) is 33.4 Å². The third-order valence-electron chi connectivity index (χ3n) is 10.4. The minimum atomic E-state index is -0.644. The monoisotopic (exact) mass is 620 g/mol. The van der Waals surface area contributed by atoms with Crippen LogP contribution in [0.25, 0.3) is 66.3 Å². The van der Waals surface area contributed by atoms with Gasteiger partial charge in [0.25, 0.3) is 0 Å². The number of nitrogens with zero attached hydrogens (tertiary/aromatic N) is 4. The van der Waals surface area contributed by atoms with Gasteiger partial charge in [-0.15, -0.1) is 0 Å². The fourth-order valence-electron chi connectivity index (χ4n) is 8.56. The van der Waals surface area contributed by atoms with Gasteiger partial charge in [-0.05, 0) is 102 Å². The topological polar surface area (TPSA) is 73.4 Å². The number of nitriles is 2. The second-order valence-corrected chi connectivity index (χ2v) is 12.7. The molecule has 4 heteroatoms. The summed E-state index contributed by atoms with van der Waals surface area (Å²) >= 11 is 0. The maximum absolute atomic E-state index is 9.83. The summed E-state index contributed by atoms with van der Waals surface area (Å²) in [6, 6.07) is 51.3. The zero-order valence-corrected chi connectivity index (χ0v) is 26.1. The molecule has 0 aliphatic heterocycles. The van der Waals surface area contributed by atoms with Gasteiger partial charge >= 0.3 is 0 Å². The summed E-state index contributed by atoms with van der Waals surface area (Å²) in [5.41, 5.74) is 13.7. The molecule has 0 N–H and O–H groups in total. The number of rotatable bonds is 2. The number of pyridine rings is 2. The Morgan fingerprint density at radius 1 is 0.408 bits per heavy atom. The second kappa shape index (κ2) is 10.1. The molecule has 0 radical (unpaired) electrons. The first-order valence-corrected chi connectivity index (χ1v) is 16.3. The minimum absolute atomic E-state index is 0.576. The van der Waals surface area contributed by atoms with Gasteiger partial charge in [0.2, 0.25) is 0 Å². The molecule has 8 aromatic rings. The summed E-state index contributed by atoms with van der Waals surface area (Å²) in [6.07, 6.45) is 3.45. The van der Waals surface area contributed by atoms with Crippen molar-refractivity contribution in [3.63, 3.8) is 0 Å². The fourth-order valence-corrected chi connectivity index (χ4v) is 8.56. The van der Waals surface area contributed by atoms with Gasteiger partial charge < -0.3 is 0 Å². The van der Waals surface area contributed by atoms with E-state index in [1.54, 1.807) is 24.5 Å². The van der Waals surface area contributed by atoms with Crippen LogP contribution in [-0.4, -0.2) is 9.97 Å². The van der Waals surface area contributed by atoms with Crippen molar-refractivity contribution in [3.8, 4) is 56.9 Å². The van der Waals surface area contributed by atoms with Crippen LogP contribution in [0.2, 0.25) is 0 Å². The summed E-state index contributed by atoms with van der Waals surface area (Å²) in [5, 5.41) is 24.1. The van der Waals surface area contributed by atoms with E-state index in [9.17, 15) is 10.5 Å². The van der Waals surface area contributed by atoms with Crippen molar-refractivity contribution in [1.82, 2.24) is 9.97 Å². The van der Waals surface area contributed by atoms with Crippen molar-refractivity contribution in [2.45, 2.75) is 5.41 Å². The number of hydrogen-bond donors (Lipinski definition) is 0. The summed E-state index contributed by atoms with van der Waals surface area (Å²) in [4.78, 5) is 9.64. The number of fused-ring (bicyclic) bond motifs is 14. The van der Waals surface area contributed by atoms with Crippen LogP contribution in [-0.2, 0) is 5.41 Å². The molecule has 0 saturated heterocycles. The second-order valence-electron chi connectivity index (χ2n) is 12.7. The minimum Gasteiger partial charge on any atom is -0.256 e. The van der Waals surface area contributed by atoms with Gasteiger partial charge in [0, 0.05) is 23.5 Å². The Bertz CT molecular complexity index is 2620. The smallest absolute Gasteiger partial charge is 0.0992 e. The molecule has 49 heavy (non-hydrogen) atoms. The largest absolute Gasteiger partial charge is 0.256 e. The average Bonchev–Trinajstić information content (AvgIpc) is 3.65. The quantitative estimate of drug-likeness (QED) is 0.193. The van der Waals surface area contributed by atoms with Crippen LogP contribution in [0.4, 0.5) is 0 Å². The number of hydrogen-bond acceptors (Lipinski definition) is 4. The molecule has 0 bridgehead atoms. The van der Waals surface area contributed by atoms with Crippen LogP contribution in [0.15, 0.2) is 146 Å². The lowest BCUT2D eigenvalue weighted by Gasteiger charge is -2.31. The van der Waals surface area contributed by atoms with Gasteiger partial charge in [-0.3, -0.25) is 9.97 Å². The molecule has 0 fully saturated rings. The Labute approximate surface area is 282 Å². The van der Waals surface area contributed by atoms with Gasteiger partial charge in [0.1, 0.15) is 0 Å². The Morgan fingerprint density at radius 2 is 0.816 bits per heavy atom. The Morgan fingerprint density at radius 3 is 1.27 bits per heavy atom. The molecule has 2 aliphatic rings. The highest BCUT2D eigenvalue weighted by molar-refractivity contribution is 6.18. The highest BCUT2D eigenvalue weighted by Gasteiger charge is 2.53. The Hall–Kier alpha value is -6.88. The molecule has 2 heterocycles. The van der Waals surface area contributed by atoms with E-state index < -0.39 is 5.41 Å². The molecule has 2 aliphatic carbocycles. The van der Waals surface area contributed by atoms with Crippen LogP contribution in [0, 0.1) is 22.7 Å². The van der Waals surface area contributed by atoms with E-state index >= 15 is 0 Å². The average molecular weight is 621 g/mol. The molecule has 0 atom stereocenters. The van der Waals surface area contributed by atoms with Crippen molar-refractivity contribution in [2.75, 3.05) is 0 Å². The van der Waals surface area contributed by atoms with Crippen molar-refractivity contribution in [1.29, 1.82) is 10.5 Å². The van der Waals surface area contributed by atoms with Crippen molar-refractivity contribution >= 4 is 21.5 Å². The van der Waals surface area contributed by atoms with E-state index in [2.05, 4.69) is 121 Å². The standard InChI is InChI=1S/C45H24N4/c46-25-27-17-19-48-41(21-27)35-23-39-43(33-13-3-1-9-29(33)35)44-34-14-4-2-10-30(34)36(42-22-28(26-47)18-20-49-42)24-40(44)45(39)37-15-7-5-11-31(37)32-12-6-8-16-38(32)45/h1-24H. The summed E-state index contributed by atoms with van der Waals surface area (Å²) in [5.74, 6) is 0. The first kappa shape index (κ1) is 27.3. The SMILES string of the molecule is N#Cc1ccnc(-c2cc3c(c4ccccc24)-c2c(cc(-c4cc(C#N)ccn4)c4ccccc24)C32c3ccccc3-c3ccccc32)c1. The van der Waals surface area contributed by atoms with E-state index in [0.717, 1.165) is 44.1 Å². The molecule has 2 aromatic heterocycles. The first-order valence-electron chi connectivity index (χ1n) is 16.3. The van der Waals surface area contributed by atoms with E-state index in [0.29, 0.717) is 11.1 Å². The lowest BCUT2D eigenvalue weighted by molar-refractivity contribution is 0.795. The van der Waals surface area contributed by atoms with Gasteiger partial charge in [-0.2, -0.15) is 10.5 Å². The van der Waals surface area contributed by atoms with Gasteiger partial charge in [-0.25, -0.2) is 0 Å². The highest BCUT2D eigenvalue weighted by atomic mass is 14.7. The Kier molecular flexibility index (Phi) is 5.59. The highest BCUT2D eigenvalue weighted by Crippen LogP contribution is 2.66. The molecular weight excluding hydrogens is 597 g/mol. The molecule has 1 spiro atoms. The molecule has 224 valence electrons. The maximum atomic E-state index is 9.83. The molecule has 0 saturated carbocycles. The molecule has 6 aromatic carbocycles. The summed E-state index contributed by atoms with van der Waals surface area (Å²) < 4.78 is 0. The molecular formula is C45H24N4. The predicted octanol–water partition coefficient (Wildman–Crippen LogP) is 10.2. The van der Waals surface area contributed by atoms with Crippen LogP contribution in [0.5, 0.6) is 0 Å². The van der Waals surface area contributed by atoms with Crippen LogP contribution in [0.3, 0.4) is 0 Å². The zero-order chi connectivity index (χ0) is 32.7. The predicted molar refractivity (Wildman–Crippen MR) is 194 cm³/mol.